The molecule has 2 aromatic rings. The zero-order valence-corrected chi connectivity index (χ0v) is 16.4. The number of halogens is 1. The van der Waals surface area contributed by atoms with Gasteiger partial charge in [0.1, 0.15) is 11.4 Å². The summed E-state index contributed by atoms with van der Waals surface area (Å²) in [6.45, 7) is 3.19. The number of carboxylic acids is 1. The zero-order chi connectivity index (χ0) is 20.6. The lowest BCUT2D eigenvalue weighted by Crippen LogP contribution is -2.45. The van der Waals surface area contributed by atoms with Crippen molar-refractivity contribution < 1.29 is 28.3 Å². The Kier molecular flexibility index (Phi) is 5.58. The smallest absolute Gasteiger partial charge is 0.405 e. The largest absolute Gasteiger partial charge is 0.477 e. The van der Waals surface area contributed by atoms with E-state index in [-0.39, 0.29) is 24.2 Å². The number of aryl methyl sites for hydroxylation is 1. The number of pyridine rings is 1. The first kappa shape index (κ1) is 20.5. The minimum Gasteiger partial charge on any atom is -0.477 e. The van der Waals surface area contributed by atoms with E-state index < -0.39 is 30.5 Å². The van der Waals surface area contributed by atoms with Crippen LogP contribution in [0.15, 0.2) is 23.1 Å². The van der Waals surface area contributed by atoms with Gasteiger partial charge in [0.05, 0.1) is 11.2 Å². The van der Waals surface area contributed by atoms with Crippen LogP contribution in [0.2, 0.25) is 0 Å². The van der Waals surface area contributed by atoms with Crippen LogP contribution in [-0.2, 0) is 15.6 Å². The number of anilines is 1. The minimum atomic E-state index is -3.84. The summed E-state index contributed by atoms with van der Waals surface area (Å²) in [6.07, 6.45) is 1.26. The van der Waals surface area contributed by atoms with Crippen LogP contribution in [0.5, 0.6) is 0 Å². The second-order valence-corrected chi connectivity index (χ2v) is 8.31. The fraction of sp³-hybridized carbons (Fsp3) is 0.412. The Hall–Kier alpha value is -2.26. The summed E-state index contributed by atoms with van der Waals surface area (Å²) in [6, 6.07) is 2.58. The van der Waals surface area contributed by atoms with Gasteiger partial charge in [0, 0.05) is 51.4 Å². The lowest BCUT2D eigenvalue weighted by Gasteiger charge is -2.37. The van der Waals surface area contributed by atoms with E-state index in [9.17, 15) is 28.5 Å². The highest BCUT2D eigenvalue weighted by Gasteiger charge is 2.32. The van der Waals surface area contributed by atoms with E-state index in [1.807, 2.05) is 0 Å². The first-order valence-corrected chi connectivity index (χ1v) is 10.2. The molecule has 1 aliphatic heterocycles. The maximum atomic E-state index is 14.8. The SMILES string of the molecule is CCn1cc(C(=O)O)c(=O)c2cc(F)c(N3CCN(P(=O)(O)OC)CC3)cc21. The predicted octanol–water partition coefficient (Wildman–Crippen LogP) is 1.73. The lowest BCUT2D eigenvalue weighted by atomic mass is 10.1. The molecule has 1 aliphatic rings. The monoisotopic (exact) mass is 413 g/mol. The van der Waals surface area contributed by atoms with Crippen LogP contribution >= 0.6 is 7.75 Å². The van der Waals surface area contributed by atoms with Gasteiger partial charge in [-0.05, 0) is 19.1 Å². The number of aromatic nitrogens is 1. The highest BCUT2D eigenvalue weighted by Crippen LogP contribution is 2.45. The third-order valence-electron chi connectivity index (χ3n) is 4.91. The molecule has 11 heteroatoms. The summed E-state index contributed by atoms with van der Waals surface area (Å²) in [5.74, 6) is -2.01. The summed E-state index contributed by atoms with van der Waals surface area (Å²) in [4.78, 5) is 35.2. The molecule has 2 N–H and O–H groups in total. The molecule has 1 saturated heterocycles. The Balaban J connectivity index is 2.01. The van der Waals surface area contributed by atoms with Crippen molar-refractivity contribution in [2.45, 2.75) is 13.5 Å². The highest BCUT2D eigenvalue weighted by atomic mass is 31.2. The molecule has 28 heavy (non-hydrogen) atoms. The Morgan fingerprint density at radius 3 is 2.46 bits per heavy atom. The van der Waals surface area contributed by atoms with Gasteiger partial charge < -0.3 is 24.0 Å². The number of hydrogen-bond acceptors (Lipinski definition) is 5. The van der Waals surface area contributed by atoms with Crippen molar-refractivity contribution in [2.24, 2.45) is 0 Å². The second kappa shape index (κ2) is 7.63. The molecule has 0 bridgehead atoms. The normalized spacial score (nSPS) is 17.6. The van der Waals surface area contributed by atoms with Gasteiger partial charge in [-0.2, -0.15) is 0 Å². The predicted molar refractivity (Wildman–Crippen MR) is 101 cm³/mol. The molecular weight excluding hydrogens is 392 g/mol. The molecule has 1 atom stereocenters. The number of piperazine rings is 1. The summed E-state index contributed by atoms with van der Waals surface area (Å²) < 4.78 is 34.2. The van der Waals surface area contributed by atoms with Crippen LogP contribution in [0, 0.1) is 5.82 Å². The summed E-state index contributed by atoms with van der Waals surface area (Å²) in [5, 5.41) is 9.21. The van der Waals surface area contributed by atoms with Crippen molar-refractivity contribution in [3.63, 3.8) is 0 Å². The third-order valence-corrected chi connectivity index (χ3v) is 6.50. The molecule has 2 heterocycles. The summed E-state index contributed by atoms with van der Waals surface area (Å²) in [5.41, 5.74) is -0.458. The Morgan fingerprint density at radius 1 is 1.29 bits per heavy atom. The Labute approximate surface area is 160 Å². The van der Waals surface area contributed by atoms with E-state index in [2.05, 4.69) is 4.52 Å². The van der Waals surface area contributed by atoms with E-state index in [0.717, 1.165) is 13.2 Å². The summed E-state index contributed by atoms with van der Waals surface area (Å²) >= 11 is 0. The molecule has 0 radical (unpaired) electrons. The number of aromatic carboxylic acids is 1. The molecule has 9 nitrogen and oxygen atoms in total. The van der Waals surface area contributed by atoms with Gasteiger partial charge >= 0.3 is 13.7 Å². The van der Waals surface area contributed by atoms with Gasteiger partial charge in [0.15, 0.2) is 0 Å². The van der Waals surface area contributed by atoms with Crippen LogP contribution in [0.4, 0.5) is 10.1 Å². The third kappa shape index (κ3) is 3.56. The van der Waals surface area contributed by atoms with Crippen LogP contribution in [0.25, 0.3) is 10.9 Å². The van der Waals surface area contributed by atoms with Crippen molar-refractivity contribution in [2.75, 3.05) is 38.2 Å². The molecule has 0 amide bonds. The standard InChI is InChI=1S/C17H21FN3O6P/c1-3-19-10-12(17(23)24)16(22)11-8-13(18)15(9-14(11)19)20-4-6-21(7-5-20)28(25,26)27-2/h8-10H,3-7H2,1-2H3,(H,23,24)(H,25,26). The maximum Gasteiger partial charge on any atom is 0.405 e. The van der Waals surface area contributed by atoms with E-state index in [0.29, 0.717) is 25.2 Å². The highest BCUT2D eigenvalue weighted by molar-refractivity contribution is 7.50. The van der Waals surface area contributed by atoms with Gasteiger partial charge in [-0.1, -0.05) is 0 Å². The molecule has 1 aromatic heterocycles. The topological polar surface area (TPSA) is 112 Å². The Morgan fingerprint density at radius 2 is 1.93 bits per heavy atom. The van der Waals surface area contributed by atoms with E-state index in [1.54, 1.807) is 16.4 Å². The van der Waals surface area contributed by atoms with E-state index in [4.69, 9.17) is 0 Å². The molecule has 152 valence electrons. The van der Waals surface area contributed by atoms with Crippen molar-refractivity contribution in [1.29, 1.82) is 0 Å². The summed E-state index contributed by atoms with van der Waals surface area (Å²) in [7, 11) is -2.68. The minimum absolute atomic E-state index is 0.000813. The van der Waals surface area contributed by atoms with Crippen molar-refractivity contribution >= 4 is 30.3 Å². The second-order valence-electron chi connectivity index (χ2n) is 6.40. The van der Waals surface area contributed by atoms with Gasteiger partial charge in [0.2, 0.25) is 5.43 Å². The number of nitrogens with zero attached hydrogens (tertiary/aromatic N) is 3. The number of carbonyl (C=O) groups is 1. The van der Waals surface area contributed by atoms with E-state index >= 15 is 0 Å². The van der Waals surface area contributed by atoms with E-state index in [1.165, 1.54) is 16.9 Å². The average molecular weight is 413 g/mol. The number of hydrogen-bond donors (Lipinski definition) is 2. The molecule has 0 aliphatic carbocycles. The molecule has 1 aromatic carbocycles. The quantitative estimate of drug-likeness (QED) is 0.713. The molecule has 1 fully saturated rings. The number of fused-ring (bicyclic) bond motifs is 1. The zero-order valence-electron chi connectivity index (χ0n) is 15.5. The van der Waals surface area contributed by atoms with Gasteiger partial charge in [-0.3, -0.25) is 4.79 Å². The van der Waals surface area contributed by atoms with Gasteiger partial charge in [-0.15, -0.1) is 0 Å². The fourth-order valence-electron chi connectivity index (χ4n) is 3.36. The van der Waals surface area contributed by atoms with Gasteiger partial charge in [0.25, 0.3) is 0 Å². The molecule has 1 unspecified atom stereocenters. The average Bonchev–Trinajstić information content (AvgIpc) is 2.68. The molecular formula is C17H21FN3O6P. The Bertz CT molecular complexity index is 1030. The first-order valence-electron chi connectivity index (χ1n) is 8.68. The lowest BCUT2D eigenvalue weighted by molar-refractivity contribution is 0.0694. The maximum absolute atomic E-state index is 14.8. The number of carboxylic acid groups (broad SMARTS) is 1. The van der Waals surface area contributed by atoms with Gasteiger partial charge in [-0.25, -0.2) is 18.4 Å². The van der Waals surface area contributed by atoms with Crippen LogP contribution in [-0.4, -0.2) is 58.5 Å². The fourth-order valence-corrected chi connectivity index (χ4v) is 4.28. The van der Waals surface area contributed by atoms with Crippen molar-refractivity contribution in [1.82, 2.24) is 9.24 Å². The first-order chi connectivity index (χ1) is 13.2. The molecule has 0 spiro atoms. The van der Waals surface area contributed by atoms with Crippen molar-refractivity contribution in [3.8, 4) is 0 Å². The van der Waals surface area contributed by atoms with Crippen LogP contribution in [0.3, 0.4) is 0 Å². The number of benzene rings is 1. The van der Waals surface area contributed by atoms with Crippen LogP contribution in [0.1, 0.15) is 17.3 Å². The number of rotatable bonds is 5. The van der Waals surface area contributed by atoms with Crippen molar-refractivity contribution in [3.05, 3.63) is 39.9 Å². The van der Waals surface area contributed by atoms with Crippen LogP contribution < -0.4 is 10.3 Å². The molecule has 3 rings (SSSR count). The molecule has 0 saturated carbocycles.